The standard InChI is InChI=1S/C20H26N4/c1-14(2)16-12-22-19(23(16)5)20(3,4)17-13-21-18(24(17)6)15-10-8-7-9-11-15/h7-14H,1-6H3. The number of nitrogens with zero attached hydrogens (tertiary/aromatic N) is 4. The first-order valence-electron chi connectivity index (χ1n) is 8.43. The summed E-state index contributed by atoms with van der Waals surface area (Å²) in [6.45, 7) is 8.83. The second kappa shape index (κ2) is 5.93. The molecular formula is C20H26N4. The fourth-order valence-corrected chi connectivity index (χ4v) is 3.50. The van der Waals surface area contributed by atoms with E-state index in [4.69, 9.17) is 4.98 Å². The van der Waals surface area contributed by atoms with Crippen molar-refractivity contribution in [1.29, 1.82) is 0 Å². The molecule has 2 aromatic heterocycles. The number of benzene rings is 1. The molecule has 4 nitrogen and oxygen atoms in total. The van der Waals surface area contributed by atoms with Crippen LogP contribution in [-0.4, -0.2) is 19.1 Å². The first kappa shape index (κ1) is 16.5. The Morgan fingerprint density at radius 3 is 2.17 bits per heavy atom. The van der Waals surface area contributed by atoms with E-state index in [1.165, 1.54) is 5.69 Å². The minimum Gasteiger partial charge on any atom is -0.334 e. The van der Waals surface area contributed by atoms with Crippen molar-refractivity contribution in [1.82, 2.24) is 19.1 Å². The van der Waals surface area contributed by atoms with Crippen molar-refractivity contribution in [2.45, 2.75) is 39.0 Å². The highest BCUT2D eigenvalue weighted by atomic mass is 15.1. The van der Waals surface area contributed by atoms with Crippen LogP contribution in [-0.2, 0) is 19.5 Å². The van der Waals surface area contributed by atoms with Crippen LogP contribution in [0.5, 0.6) is 0 Å². The minimum atomic E-state index is -0.226. The van der Waals surface area contributed by atoms with Crippen molar-refractivity contribution in [3.05, 3.63) is 59.9 Å². The first-order valence-corrected chi connectivity index (χ1v) is 8.43. The van der Waals surface area contributed by atoms with E-state index in [0.717, 1.165) is 22.9 Å². The minimum absolute atomic E-state index is 0.226. The lowest BCUT2D eigenvalue weighted by Crippen LogP contribution is -2.26. The second-order valence-corrected chi connectivity index (χ2v) is 7.24. The molecule has 0 radical (unpaired) electrons. The van der Waals surface area contributed by atoms with Gasteiger partial charge in [0, 0.05) is 37.7 Å². The summed E-state index contributed by atoms with van der Waals surface area (Å²) in [5, 5.41) is 0. The molecule has 3 aromatic rings. The SMILES string of the molecule is CC(C)c1cnc(C(C)(C)c2cnc(-c3ccccc3)n2C)n1C. The van der Waals surface area contributed by atoms with Crippen molar-refractivity contribution >= 4 is 0 Å². The number of imidazole rings is 2. The van der Waals surface area contributed by atoms with Crippen molar-refractivity contribution in [2.75, 3.05) is 0 Å². The summed E-state index contributed by atoms with van der Waals surface area (Å²) in [5.74, 6) is 2.50. The van der Waals surface area contributed by atoms with E-state index in [1.54, 1.807) is 0 Å². The monoisotopic (exact) mass is 322 g/mol. The number of hydrogen-bond donors (Lipinski definition) is 0. The molecule has 3 rings (SSSR count). The lowest BCUT2D eigenvalue weighted by atomic mass is 9.88. The smallest absolute Gasteiger partial charge is 0.139 e. The molecule has 126 valence electrons. The maximum absolute atomic E-state index is 4.73. The highest BCUT2D eigenvalue weighted by molar-refractivity contribution is 5.56. The van der Waals surface area contributed by atoms with Crippen LogP contribution in [0.25, 0.3) is 11.4 Å². The third-order valence-corrected chi connectivity index (χ3v) is 4.84. The van der Waals surface area contributed by atoms with Crippen LogP contribution >= 0.6 is 0 Å². The van der Waals surface area contributed by atoms with Gasteiger partial charge >= 0.3 is 0 Å². The van der Waals surface area contributed by atoms with Gasteiger partial charge in [-0.25, -0.2) is 9.97 Å². The van der Waals surface area contributed by atoms with Gasteiger partial charge in [0.25, 0.3) is 0 Å². The summed E-state index contributed by atoms with van der Waals surface area (Å²) in [6.07, 6.45) is 3.97. The summed E-state index contributed by atoms with van der Waals surface area (Å²) >= 11 is 0. The number of rotatable bonds is 4. The van der Waals surface area contributed by atoms with E-state index in [-0.39, 0.29) is 5.41 Å². The number of hydrogen-bond acceptors (Lipinski definition) is 2. The van der Waals surface area contributed by atoms with E-state index < -0.39 is 0 Å². The Hall–Kier alpha value is -2.36. The molecule has 0 saturated heterocycles. The van der Waals surface area contributed by atoms with Gasteiger partial charge in [0.15, 0.2) is 0 Å². The normalized spacial score (nSPS) is 12.1. The molecule has 2 heterocycles. The summed E-state index contributed by atoms with van der Waals surface area (Å²) in [4.78, 5) is 9.41. The highest BCUT2D eigenvalue weighted by Gasteiger charge is 2.32. The Morgan fingerprint density at radius 2 is 1.58 bits per heavy atom. The molecule has 0 aliphatic heterocycles. The average Bonchev–Trinajstić information content (AvgIpc) is 3.12. The lowest BCUT2D eigenvalue weighted by molar-refractivity contribution is 0.520. The fourth-order valence-electron chi connectivity index (χ4n) is 3.50. The summed E-state index contributed by atoms with van der Waals surface area (Å²) in [7, 11) is 4.19. The van der Waals surface area contributed by atoms with Gasteiger partial charge in [-0.1, -0.05) is 44.2 Å². The zero-order valence-corrected chi connectivity index (χ0v) is 15.4. The van der Waals surface area contributed by atoms with Crippen LogP contribution in [0.1, 0.15) is 50.8 Å². The summed E-state index contributed by atoms with van der Waals surface area (Å²) in [5.41, 5.74) is 3.31. The molecule has 0 spiro atoms. The Bertz CT molecular complexity index is 838. The van der Waals surface area contributed by atoms with E-state index in [1.807, 2.05) is 30.6 Å². The third-order valence-electron chi connectivity index (χ3n) is 4.84. The molecule has 24 heavy (non-hydrogen) atoms. The first-order chi connectivity index (χ1) is 11.3. The lowest BCUT2D eigenvalue weighted by Gasteiger charge is -2.25. The van der Waals surface area contributed by atoms with Gasteiger partial charge in [-0.3, -0.25) is 0 Å². The molecule has 0 aliphatic carbocycles. The molecule has 1 aromatic carbocycles. The quantitative estimate of drug-likeness (QED) is 0.719. The van der Waals surface area contributed by atoms with E-state index in [2.05, 4.69) is 68.0 Å². The van der Waals surface area contributed by atoms with Crippen LogP contribution in [0.15, 0.2) is 42.7 Å². The van der Waals surface area contributed by atoms with Crippen LogP contribution < -0.4 is 0 Å². The average molecular weight is 322 g/mol. The summed E-state index contributed by atoms with van der Waals surface area (Å²) < 4.78 is 4.40. The Morgan fingerprint density at radius 1 is 0.917 bits per heavy atom. The zero-order chi connectivity index (χ0) is 17.5. The highest BCUT2D eigenvalue weighted by Crippen LogP contribution is 2.33. The van der Waals surface area contributed by atoms with Gasteiger partial charge in [-0.15, -0.1) is 0 Å². The predicted octanol–water partition coefficient (Wildman–Crippen LogP) is 4.27. The van der Waals surface area contributed by atoms with Crippen molar-refractivity contribution in [3.8, 4) is 11.4 Å². The van der Waals surface area contributed by atoms with Crippen LogP contribution in [0.4, 0.5) is 0 Å². The topological polar surface area (TPSA) is 35.6 Å². The van der Waals surface area contributed by atoms with Gasteiger partial charge in [0.2, 0.25) is 0 Å². The molecule has 0 bridgehead atoms. The molecular weight excluding hydrogens is 296 g/mol. The Kier molecular flexibility index (Phi) is 4.08. The van der Waals surface area contributed by atoms with Gasteiger partial charge in [-0.2, -0.15) is 0 Å². The van der Waals surface area contributed by atoms with E-state index in [0.29, 0.717) is 5.92 Å². The van der Waals surface area contributed by atoms with Crippen LogP contribution in [0.3, 0.4) is 0 Å². The largest absolute Gasteiger partial charge is 0.334 e. The third kappa shape index (κ3) is 2.56. The van der Waals surface area contributed by atoms with Gasteiger partial charge in [0.1, 0.15) is 11.6 Å². The van der Waals surface area contributed by atoms with Crippen molar-refractivity contribution in [3.63, 3.8) is 0 Å². The van der Waals surface area contributed by atoms with E-state index >= 15 is 0 Å². The molecule has 0 amide bonds. The van der Waals surface area contributed by atoms with Crippen LogP contribution in [0.2, 0.25) is 0 Å². The van der Waals surface area contributed by atoms with Crippen molar-refractivity contribution < 1.29 is 0 Å². The molecule has 0 N–H and O–H groups in total. The second-order valence-electron chi connectivity index (χ2n) is 7.24. The van der Waals surface area contributed by atoms with Gasteiger partial charge in [-0.05, 0) is 19.8 Å². The number of aromatic nitrogens is 4. The molecule has 0 saturated carbocycles. The maximum atomic E-state index is 4.73. The summed E-state index contributed by atoms with van der Waals surface area (Å²) in [6, 6.07) is 10.3. The molecule has 0 fully saturated rings. The van der Waals surface area contributed by atoms with Crippen LogP contribution in [0, 0.1) is 0 Å². The molecule has 0 aliphatic rings. The predicted molar refractivity (Wildman–Crippen MR) is 98.1 cm³/mol. The Labute approximate surface area is 144 Å². The van der Waals surface area contributed by atoms with E-state index in [9.17, 15) is 0 Å². The molecule has 4 heteroatoms. The molecule has 0 atom stereocenters. The van der Waals surface area contributed by atoms with Gasteiger partial charge in [0.05, 0.1) is 11.1 Å². The maximum Gasteiger partial charge on any atom is 0.139 e. The zero-order valence-electron chi connectivity index (χ0n) is 15.4. The van der Waals surface area contributed by atoms with Gasteiger partial charge < -0.3 is 9.13 Å². The Balaban J connectivity index is 2.07. The fraction of sp³-hybridized carbons (Fsp3) is 0.400. The molecule has 0 unspecified atom stereocenters. The van der Waals surface area contributed by atoms with Crippen molar-refractivity contribution in [2.24, 2.45) is 14.1 Å².